The number of amides is 1. The lowest BCUT2D eigenvalue weighted by molar-refractivity contribution is -0.118. The maximum Gasteiger partial charge on any atom is 0.262 e. The summed E-state index contributed by atoms with van der Waals surface area (Å²) in [6.07, 6.45) is 0. The van der Waals surface area contributed by atoms with Crippen LogP contribution in [-0.4, -0.2) is 45.4 Å². The smallest absolute Gasteiger partial charge is 0.262 e. The van der Waals surface area contributed by atoms with Gasteiger partial charge >= 0.3 is 0 Å². The Balaban J connectivity index is 1.38. The van der Waals surface area contributed by atoms with Crippen LogP contribution in [0.1, 0.15) is 18.1 Å². The molecule has 1 amide bonds. The highest BCUT2D eigenvalue weighted by atomic mass is 79.9. The normalized spacial score (nSPS) is 13.2. The van der Waals surface area contributed by atoms with E-state index in [2.05, 4.69) is 31.5 Å². The van der Waals surface area contributed by atoms with Crippen molar-refractivity contribution in [1.82, 2.24) is 0 Å². The van der Waals surface area contributed by atoms with Crippen molar-refractivity contribution in [3.8, 4) is 11.5 Å². The Bertz CT molecular complexity index is 1220. The first-order valence-corrected chi connectivity index (χ1v) is 13.4. The summed E-state index contributed by atoms with van der Waals surface area (Å²) in [5, 5.41) is 6.96. The Kier molecular flexibility index (Phi) is 9.55. The second-order valence-electron chi connectivity index (χ2n) is 8.66. The molecule has 1 fully saturated rings. The summed E-state index contributed by atoms with van der Waals surface area (Å²) in [6, 6.07) is 17.5. The average molecular weight is 589 g/mol. The van der Waals surface area contributed by atoms with Gasteiger partial charge in [-0.25, -0.2) is 0 Å². The molecule has 1 heterocycles. The number of hydrogen-bond acceptors (Lipinski definition) is 6. The van der Waals surface area contributed by atoms with Gasteiger partial charge in [-0.15, -0.1) is 0 Å². The first kappa shape index (κ1) is 27.1. The molecule has 7 nitrogen and oxygen atoms in total. The molecule has 0 aromatic heterocycles. The van der Waals surface area contributed by atoms with E-state index in [1.165, 1.54) is 0 Å². The van der Waals surface area contributed by atoms with Crippen LogP contribution in [0.2, 0.25) is 5.02 Å². The van der Waals surface area contributed by atoms with Gasteiger partial charge in [-0.3, -0.25) is 4.79 Å². The zero-order valence-electron chi connectivity index (χ0n) is 21.0. The Morgan fingerprint density at radius 1 is 1.05 bits per heavy atom. The highest BCUT2D eigenvalue weighted by molar-refractivity contribution is 9.10. The van der Waals surface area contributed by atoms with Crippen molar-refractivity contribution in [1.29, 1.82) is 0 Å². The Morgan fingerprint density at radius 3 is 2.49 bits per heavy atom. The van der Waals surface area contributed by atoms with Gasteiger partial charge in [-0.05, 0) is 77.8 Å². The number of nitrogens with one attached hydrogen (secondary N) is 2. The quantitative estimate of drug-likeness (QED) is 0.291. The maximum atomic E-state index is 12.4. The second kappa shape index (κ2) is 13.0. The summed E-state index contributed by atoms with van der Waals surface area (Å²) in [5.41, 5.74) is 4.78. The molecule has 2 N–H and O–H groups in total. The molecule has 0 atom stereocenters. The number of halogens is 2. The number of aryl methyl sites for hydroxylation is 1. The third-order valence-electron chi connectivity index (χ3n) is 5.85. The number of nitrogens with zero attached hydrogens (tertiary/aromatic N) is 1. The number of hydrogen-bond donors (Lipinski definition) is 2. The fourth-order valence-electron chi connectivity index (χ4n) is 3.98. The Morgan fingerprint density at radius 2 is 1.78 bits per heavy atom. The van der Waals surface area contributed by atoms with Gasteiger partial charge in [0.2, 0.25) is 0 Å². The van der Waals surface area contributed by atoms with Crippen LogP contribution in [0, 0.1) is 6.92 Å². The Labute approximate surface area is 231 Å². The van der Waals surface area contributed by atoms with Gasteiger partial charge in [-0.2, -0.15) is 0 Å². The molecule has 1 saturated heterocycles. The molecule has 37 heavy (non-hydrogen) atoms. The summed E-state index contributed by atoms with van der Waals surface area (Å²) in [6.45, 7) is 7.88. The van der Waals surface area contributed by atoms with E-state index in [1.54, 1.807) is 0 Å². The van der Waals surface area contributed by atoms with E-state index in [4.69, 9.17) is 25.8 Å². The Hall–Kier alpha value is -2.94. The van der Waals surface area contributed by atoms with Crippen molar-refractivity contribution >= 4 is 50.5 Å². The van der Waals surface area contributed by atoms with E-state index >= 15 is 0 Å². The third-order valence-corrected chi connectivity index (χ3v) is 6.74. The van der Waals surface area contributed by atoms with E-state index in [0.29, 0.717) is 47.4 Å². The van der Waals surface area contributed by atoms with Crippen LogP contribution < -0.4 is 25.0 Å². The molecular formula is C28H31BrClN3O4. The zero-order chi connectivity index (χ0) is 26.2. The summed E-state index contributed by atoms with van der Waals surface area (Å²) in [7, 11) is 0. The largest absolute Gasteiger partial charge is 0.490 e. The second-order valence-corrected chi connectivity index (χ2v) is 9.92. The van der Waals surface area contributed by atoms with E-state index < -0.39 is 0 Å². The minimum Gasteiger partial charge on any atom is -0.490 e. The number of morpholine rings is 1. The van der Waals surface area contributed by atoms with Gasteiger partial charge in [0.15, 0.2) is 18.1 Å². The van der Waals surface area contributed by atoms with E-state index in [1.807, 2.05) is 68.4 Å². The first-order chi connectivity index (χ1) is 17.9. The average Bonchev–Trinajstić information content (AvgIpc) is 2.89. The minimum absolute atomic E-state index is 0.141. The predicted molar refractivity (Wildman–Crippen MR) is 152 cm³/mol. The number of carbonyl (C=O) groups is 1. The lowest BCUT2D eigenvalue weighted by Gasteiger charge is -2.29. The SMILES string of the molecule is CCOc1cc(CNc2ccc(N3CCOCC3)c(Cl)c2)cc(Br)c1OCC(=O)Nc1ccc(C)cc1. The summed E-state index contributed by atoms with van der Waals surface area (Å²) < 4.78 is 17.8. The van der Waals surface area contributed by atoms with E-state index in [9.17, 15) is 4.79 Å². The molecule has 196 valence electrons. The van der Waals surface area contributed by atoms with Gasteiger partial charge in [0.05, 0.1) is 35.0 Å². The van der Waals surface area contributed by atoms with Crippen LogP contribution in [-0.2, 0) is 16.1 Å². The number of rotatable bonds is 10. The maximum absolute atomic E-state index is 12.4. The molecule has 1 aliphatic heterocycles. The number of ether oxygens (including phenoxy) is 3. The molecule has 0 bridgehead atoms. The van der Waals surface area contributed by atoms with Crippen molar-refractivity contribution in [2.75, 3.05) is 55.1 Å². The summed E-state index contributed by atoms with van der Waals surface area (Å²) in [5.74, 6) is 0.807. The number of benzene rings is 3. The molecule has 0 radical (unpaired) electrons. The lowest BCUT2D eigenvalue weighted by Crippen LogP contribution is -2.36. The molecule has 0 saturated carbocycles. The third kappa shape index (κ3) is 7.53. The van der Waals surface area contributed by atoms with Crippen molar-refractivity contribution in [3.63, 3.8) is 0 Å². The monoisotopic (exact) mass is 587 g/mol. The van der Waals surface area contributed by atoms with Crippen LogP contribution in [0.3, 0.4) is 0 Å². The lowest BCUT2D eigenvalue weighted by atomic mass is 10.2. The molecule has 9 heteroatoms. The fourth-order valence-corrected chi connectivity index (χ4v) is 4.88. The molecule has 3 aromatic carbocycles. The first-order valence-electron chi connectivity index (χ1n) is 12.2. The van der Waals surface area contributed by atoms with Crippen molar-refractivity contribution in [2.24, 2.45) is 0 Å². The van der Waals surface area contributed by atoms with Crippen LogP contribution in [0.15, 0.2) is 59.1 Å². The van der Waals surface area contributed by atoms with Crippen LogP contribution >= 0.6 is 27.5 Å². The molecule has 0 spiro atoms. The van der Waals surface area contributed by atoms with Gasteiger partial charge in [0.25, 0.3) is 5.91 Å². The fraction of sp³-hybridized carbons (Fsp3) is 0.321. The van der Waals surface area contributed by atoms with Crippen molar-refractivity contribution in [3.05, 3.63) is 75.2 Å². The van der Waals surface area contributed by atoms with Gasteiger partial charge in [0.1, 0.15) is 0 Å². The highest BCUT2D eigenvalue weighted by Gasteiger charge is 2.16. The molecule has 0 unspecified atom stereocenters. The van der Waals surface area contributed by atoms with Gasteiger partial charge < -0.3 is 29.7 Å². The minimum atomic E-state index is -0.249. The van der Waals surface area contributed by atoms with Crippen molar-refractivity contribution in [2.45, 2.75) is 20.4 Å². The van der Waals surface area contributed by atoms with Crippen LogP contribution in [0.4, 0.5) is 17.1 Å². The summed E-state index contributed by atoms with van der Waals surface area (Å²) in [4.78, 5) is 14.6. The van der Waals surface area contributed by atoms with Gasteiger partial charge in [0, 0.05) is 31.0 Å². The summed E-state index contributed by atoms with van der Waals surface area (Å²) >= 11 is 10.2. The highest BCUT2D eigenvalue weighted by Crippen LogP contribution is 2.37. The topological polar surface area (TPSA) is 72.1 Å². The number of carbonyl (C=O) groups excluding carboxylic acids is 1. The molecule has 3 aromatic rings. The van der Waals surface area contributed by atoms with E-state index in [-0.39, 0.29) is 12.5 Å². The van der Waals surface area contributed by atoms with Gasteiger partial charge in [-0.1, -0.05) is 29.3 Å². The zero-order valence-corrected chi connectivity index (χ0v) is 23.3. The van der Waals surface area contributed by atoms with Crippen LogP contribution in [0.5, 0.6) is 11.5 Å². The molecule has 0 aliphatic carbocycles. The molecular weight excluding hydrogens is 558 g/mol. The standard InChI is InChI=1S/C28H31BrClN3O4/c1-3-36-26-15-20(17-31-22-8-9-25(24(30)16-22)33-10-12-35-13-11-33)14-23(29)28(26)37-18-27(34)32-21-6-4-19(2)5-7-21/h4-9,14-16,31H,3,10-13,17-18H2,1-2H3,(H,32,34). The predicted octanol–water partition coefficient (Wildman–Crippen LogP) is 6.28. The van der Waals surface area contributed by atoms with Crippen molar-refractivity contribution < 1.29 is 19.0 Å². The van der Waals surface area contributed by atoms with E-state index in [0.717, 1.165) is 41.3 Å². The van der Waals surface area contributed by atoms with Crippen LogP contribution in [0.25, 0.3) is 0 Å². The molecule has 1 aliphatic rings. The number of anilines is 3. The molecule has 4 rings (SSSR count).